The number of unbranched alkanes of at least 4 members (excludes halogenated alkanes) is 2. The Kier molecular flexibility index (Phi) is 7.79. The highest BCUT2D eigenvalue weighted by Gasteiger charge is 2.33. The molecule has 0 heterocycles. The Labute approximate surface area is 126 Å². The Morgan fingerprint density at radius 2 is 1.90 bits per heavy atom. The first-order valence-electron chi connectivity index (χ1n) is 7.74. The maximum absolute atomic E-state index is 12.2. The van der Waals surface area contributed by atoms with Crippen molar-refractivity contribution in [3.05, 3.63) is 0 Å². The molecule has 0 aromatic heterocycles. The second-order valence-electron chi connectivity index (χ2n) is 5.35. The lowest BCUT2D eigenvalue weighted by atomic mass is 10.1. The summed E-state index contributed by atoms with van der Waals surface area (Å²) >= 11 is 0. The summed E-state index contributed by atoms with van der Waals surface area (Å²) in [5.74, 6) is -0.325. The first-order valence-corrected chi connectivity index (χ1v) is 7.74. The van der Waals surface area contributed by atoms with E-state index in [1.54, 1.807) is 11.8 Å². The van der Waals surface area contributed by atoms with Gasteiger partial charge in [-0.2, -0.15) is 0 Å². The average Bonchev–Trinajstić information content (AvgIpc) is 3.24. The number of ether oxygens (including phenoxy) is 1. The van der Waals surface area contributed by atoms with Gasteiger partial charge in [-0.15, -0.1) is 0 Å². The van der Waals surface area contributed by atoms with Gasteiger partial charge >= 0.3 is 5.97 Å². The number of esters is 1. The van der Waals surface area contributed by atoms with Crippen molar-refractivity contribution in [1.82, 2.24) is 10.2 Å². The van der Waals surface area contributed by atoms with Crippen LogP contribution >= 0.6 is 0 Å². The number of carbonyl (C=O) groups is 3. The van der Waals surface area contributed by atoms with Gasteiger partial charge in [0.25, 0.3) is 0 Å². The summed E-state index contributed by atoms with van der Waals surface area (Å²) in [6.45, 7) is 4.32. The molecule has 1 rings (SSSR count). The van der Waals surface area contributed by atoms with Crippen LogP contribution in [0.15, 0.2) is 0 Å². The molecule has 1 fully saturated rings. The summed E-state index contributed by atoms with van der Waals surface area (Å²) in [7, 11) is 0. The Morgan fingerprint density at radius 3 is 2.48 bits per heavy atom. The van der Waals surface area contributed by atoms with Crippen molar-refractivity contribution in [2.45, 2.75) is 58.4 Å². The predicted molar refractivity (Wildman–Crippen MR) is 78.5 cm³/mol. The van der Waals surface area contributed by atoms with Crippen molar-refractivity contribution in [2.24, 2.45) is 0 Å². The fourth-order valence-electron chi connectivity index (χ4n) is 2.14. The molecule has 6 nitrogen and oxygen atoms in total. The molecule has 0 aromatic carbocycles. The minimum atomic E-state index is -0.330. The first-order chi connectivity index (χ1) is 10.0. The fraction of sp³-hybridized carbons (Fsp3) is 0.800. The molecule has 0 unspecified atom stereocenters. The number of amides is 2. The normalized spacial score (nSPS) is 13.6. The molecule has 6 heteroatoms. The molecule has 21 heavy (non-hydrogen) atoms. The van der Waals surface area contributed by atoms with Crippen molar-refractivity contribution in [2.75, 3.05) is 19.7 Å². The highest BCUT2D eigenvalue weighted by atomic mass is 16.5. The molecule has 0 atom stereocenters. The van der Waals surface area contributed by atoms with Crippen LogP contribution < -0.4 is 5.32 Å². The van der Waals surface area contributed by atoms with Gasteiger partial charge in [-0.25, -0.2) is 0 Å². The molecular formula is C15H26N2O4. The van der Waals surface area contributed by atoms with Crippen molar-refractivity contribution < 1.29 is 19.1 Å². The number of nitrogens with one attached hydrogen (secondary N) is 1. The molecule has 1 aliphatic rings. The largest absolute Gasteiger partial charge is 0.465 e. The lowest BCUT2D eigenvalue weighted by Gasteiger charge is -2.21. The number of rotatable bonds is 10. The monoisotopic (exact) mass is 298 g/mol. The zero-order chi connectivity index (χ0) is 15.7. The van der Waals surface area contributed by atoms with E-state index in [0.717, 1.165) is 32.1 Å². The zero-order valence-corrected chi connectivity index (χ0v) is 13.0. The maximum atomic E-state index is 12.2. The average molecular weight is 298 g/mol. The van der Waals surface area contributed by atoms with Gasteiger partial charge in [-0.1, -0.05) is 6.42 Å². The maximum Gasteiger partial charge on any atom is 0.325 e. The molecule has 1 N–H and O–H groups in total. The van der Waals surface area contributed by atoms with Crippen molar-refractivity contribution >= 4 is 17.8 Å². The van der Waals surface area contributed by atoms with E-state index in [4.69, 9.17) is 4.74 Å². The van der Waals surface area contributed by atoms with Crippen LogP contribution in [0.5, 0.6) is 0 Å². The van der Waals surface area contributed by atoms with Crippen LogP contribution in [0, 0.1) is 0 Å². The third kappa shape index (κ3) is 7.68. The molecule has 1 aliphatic carbocycles. The number of carbonyl (C=O) groups excluding carboxylic acids is 3. The lowest BCUT2D eigenvalue weighted by Crippen LogP contribution is -2.38. The standard InChI is InChI=1S/C15H26N2O4/c1-3-21-15(20)11-17(13-8-9-13)14(19)7-5-4-6-10-16-12(2)18/h13H,3-11H2,1-2H3,(H,16,18). The molecule has 1 saturated carbocycles. The molecule has 0 spiro atoms. The van der Waals surface area contributed by atoms with Crippen LogP contribution in [0.3, 0.4) is 0 Å². The topological polar surface area (TPSA) is 75.7 Å². The summed E-state index contributed by atoms with van der Waals surface area (Å²) in [6, 6.07) is 0.223. The van der Waals surface area contributed by atoms with Crippen LogP contribution in [0.2, 0.25) is 0 Å². The van der Waals surface area contributed by atoms with Crippen LogP contribution in [-0.2, 0) is 19.1 Å². The van der Waals surface area contributed by atoms with E-state index in [2.05, 4.69) is 5.32 Å². The summed E-state index contributed by atoms with van der Waals surface area (Å²) in [4.78, 5) is 36.0. The molecule has 2 amide bonds. The zero-order valence-electron chi connectivity index (χ0n) is 13.0. The van der Waals surface area contributed by atoms with E-state index in [-0.39, 0.29) is 30.4 Å². The van der Waals surface area contributed by atoms with Gasteiger partial charge in [0.1, 0.15) is 6.54 Å². The fourth-order valence-corrected chi connectivity index (χ4v) is 2.14. The smallest absolute Gasteiger partial charge is 0.325 e. The first kappa shape index (κ1) is 17.5. The molecular weight excluding hydrogens is 272 g/mol. The minimum Gasteiger partial charge on any atom is -0.465 e. The van der Waals surface area contributed by atoms with Gasteiger partial charge in [-0.3, -0.25) is 14.4 Å². The van der Waals surface area contributed by atoms with Crippen LogP contribution in [-0.4, -0.2) is 48.4 Å². The molecule has 0 saturated heterocycles. The summed E-state index contributed by atoms with van der Waals surface area (Å²) in [5, 5.41) is 2.73. The van der Waals surface area contributed by atoms with E-state index in [0.29, 0.717) is 19.6 Å². The molecule has 0 aliphatic heterocycles. The van der Waals surface area contributed by atoms with Crippen LogP contribution in [0.1, 0.15) is 52.4 Å². The van der Waals surface area contributed by atoms with Gasteiger partial charge in [0, 0.05) is 25.9 Å². The van der Waals surface area contributed by atoms with E-state index in [9.17, 15) is 14.4 Å². The Balaban J connectivity index is 2.20. The SMILES string of the molecule is CCOC(=O)CN(C(=O)CCCCCNC(C)=O)C1CC1. The van der Waals surface area contributed by atoms with E-state index in [1.165, 1.54) is 6.92 Å². The summed E-state index contributed by atoms with van der Waals surface area (Å²) in [6.07, 6.45) is 4.96. The van der Waals surface area contributed by atoms with Gasteiger partial charge in [0.05, 0.1) is 6.61 Å². The van der Waals surface area contributed by atoms with E-state index >= 15 is 0 Å². The van der Waals surface area contributed by atoms with Crippen molar-refractivity contribution in [1.29, 1.82) is 0 Å². The summed E-state index contributed by atoms with van der Waals surface area (Å²) < 4.78 is 4.91. The predicted octanol–water partition coefficient (Wildman–Crippen LogP) is 1.24. The third-order valence-electron chi connectivity index (χ3n) is 3.35. The minimum absolute atomic E-state index is 0.0274. The quantitative estimate of drug-likeness (QED) is 0.486. The van der Waals surface area contributed by atoms with E-state index < -0.39 is 0 Å². The van der Waals surface area contributed by atoms with Gasteiger partial charge < -0.3 is 15.0 Å². The summed E-state index contributed by atoms with van der Waals surface area (Å²) in [5.41, 5.74) is 0. The van der Waals surface area contributed by atoms with Crippen LogP contribution in [0.25, 0.3) is 0 Å². The van der Waals surface area contributed by atoms with Gasteiger partial charge in [0.15, 0.2) is 0 Å². The highest BCUT2D eigenvalue weighted by molar-refractivity contribution is 5.82. The number of hydrogen-bond donors (Lipinski definition) is 1. The molecule has 120 valence electrons. The third-order valence-corrected chi connectivity index (χ3v) is 3.35. The second kappa shape index (κ2) is 9.37. The number of nitrogens with zero attached hydrogens (tertiary/aromatic N) is 1. The Morgan fingerprint density at radius 1 is 1.19 bits per heavy atom. The van der Waals surface area contributed by atoms with Crippen molar-refractivity contribution in [3.8, 4) is 0 Å². The lowest BCUT2D eigenvalue weighted by molar-refractivity contribution is -0.149. The van der Waals surface area contributed by atoms with Gasteiger partial charge in [0.2, 0.25) is 11.8 Å². The van der Waals surface area contributed by atoms with Gasteiger partial charge in [-0.05, 0) is 32.6 Å². The molecule has 0 bridgehead atoms. The Bertz CT molecular complexity index is 367. The molecule has 0 radical (unpaired) electrons. The van der Waals surface area contributed by atoms with Crippen molar-refractivity contribution in [3.63, 3.8) is 0 Å². The van der Waals surface area contributed by atoms with Crippen LogP contribution in [0.4, 0.5) is 0 Å². The second-order valence-corrected chi connectivity index (χ2v) is 5.35. The molecule has 0 aromatic rings. The number of hydrogen-bond acceptors (Lipinski definition) is 4. The highest BCUT2D eigenvalue weighted by Crippen LogP contribution is 2.27. The Hall–Kier alpha value is -1.59. The van der Waals surface area contributed by atoms with E-state index in [1.807, 2.05) is 0 Å².